The molecule has 2 nitrogen and oxygen atoms in total. The molecular weight excluding hydrogens is 208 g/mol. The van der Waals surface area contributed by atoms with Crippen LogP contribution in [0.5, 0.6) is 0 Å². The van der Waals surface area contributed by atoms with Gasteiger partial charge in [0, 0.05) is 19.1 Å². The molecular formula is C15H24N2. The van der Waals surface area contributed by atoms with E-state index >= 15 is 0 Å². The standard InChI is InChI=1S/C15H24N2/c1-17(12-14-8-5-9-14)15(11-16)10-13-6-3-2-4-7-13/h2-4,6-7,14-15H,5,8-12,16H2,1H3. The molecule has 0 bridgehead atoms. The van der Waals surface area contributed by atoms with Crippen molar-refractivity contribution in [3.8, 4) is 0 Å². The minimum absolute atomic E-state index is 0.484. The number of benzene rings is 1. The summed E-state index contributed by atoms with van der Waals surface area (Å²) in [5.41, 5.74) is 7.31. The zero-order valence-electron chi connectivity index (χ0n) is 10.8. The van der Waals surface area contributed by atoms with Gasteiger partial charge >= 0.3 is 0 Å². The topological polar surface area (TPSA) is 29.3 Å². The van der Waals surface area contributed by atoms with Gasteiger partial charge in [0.25, 0.3) is 0 Å². The van der Waals surface area contributed by atoms with Crippen molar-refractivity contribution in [3.63, 3.8) is 0 Å². The first-order valence-corrected chi connectivity index (χ1v) is 6.74. The van der Waals surface area contributed by atoms with Gasteiger partial charge in [-0.2, -0.15) is 0 Å². The van der Waals surface area contributed by atoms with Gasteiger partial charge in [-0.3, -0.25) is 0 Å². The van der Waals surface area contributed by atoms with Crippen molar-refractivity contribution in [2.24, 2.45) is 11.7 Å². The second kappa shape index (κ2) is 6.18. The Kier molecular flexibility index (Phi) is 4.57. The van der Waals surface area contributed by atoms with Crippen LogP contribution < -0.4 is 5.73 Å². The van der Waals surface area contributed by atoms with E-state index in [1.54, 1.807) is 0 Å². The Hall–Kier alpha value is -0.860. The maximum Gasteiger partial charge on any atom is 0.0255 e. The summed E-state index contributed by atoms with van der Waals surface area (Å²) in [7, 11) is 2.22. The minimum atomic E-state index is 0.484. The van der Waals surface area contributed by atoms with Crippen LogP contribution in [-0.4, -0.2) is 31.1 Å². The fourth-order valence-corrected chi connectivity index (χ4v) is 2.54. The Balaban J connectivity index is 1.86. The minimum Gasteiger partial charge on any atom is -0.329 e. The summed E-state index contributed by atoms with van der Waals surface area (Å²) in [5.74, 6) is 0.921. The van der Waals surface area contributed by atoms with Crippen molar-refractivity contribution in [2.45, 2.75) is 31.7 Å². The molecule has 1 atom stereocenters. The van der Waals surface area contributed by atoms with Crippen LogP contribution in [0, 0.1) is 5.92 Å². The molecule has 2 N–H and O–H groups in total. The van der Waals surface area contributed by atoms with Gasteiger partial charge in [0.1, 0.15) is 0 Å². The van der Waals surface area contributed by atoms with E-state index in [4.69, 9.17) is 5.73 Å². The van der Waals surface area contributed by atoms with Crippen LogP contribution in [0.25, 0.3) is 0 Å². The highest BCUT2D eigenvalue weighted by Gasteiger charge is 2.22. The molecule has 0 heterocycles. The van der Waals surface area contributed by atoms with E-state index in [1.807, 2.05) is 0 Å². The molecule has 1 unspecified atom stereocenters. The lowest BCUT2D eigenvalue weighted by Gasteiger charge is -2.34. The highest BCUT2D eigenvalue weighted by atomic mass is 15.1. The molecule has 1 aliphatic rings. The SMILES string of the molecule is CN(CC1CCC1)C(CN)Cc1ccccc1. The fraction of sp³-hybridized carbons (Fsp3) is 0.600. The third-order valence-corrected chi connectivity index (χ3v) is 3.98. The zero-order valence-corrected chi connectivity index (χ0v) is 10.8. The Bertz CT molecular complexity index is 319. The molecule has 0 saturated heterocycles. The lowest BCUT2D eigenvalue weighted by molar-refractivity contribution is 0.163. The van der Waals surface area contributed by atoms with Gasteiger partial charge in [0.05, 0.1) is 0 Å². The van der Waals surface area contributed by atoms with Crippen molar-refractivity contribution < 1.29 is 0 Å². The number of nitrogens with two attached hydrogens (primary N) is 1. The lowest BCUT2D eigenvalue weighted by atomic mass is 9.85. The van der Waals surface area contributed by atoms with Crippen molar-refractivity contribution in [1.29, 1.82) is 0 Å². The first-order chi connectivity index (χ1) is 8.29. The number of likely N-dealkylation sites (N-methyl/N-ethyl adjacent to an activating group) is 1. The van der Waals surface area contributed by atoms with E-state index in [9.17, 15) is 0 Å². The monoisotopic (exact) mass is 232 g/mol. The van der Waals surface area contributed by atoms with Crippen molar-refractivity contribution in [3.05, 3.63) is 35.9 Å². The van der Waals surface area contributed by atoms with Crippen LogP contribution in [0.3, 0.4) is 0 Å². The molecule has 94 valence electrons. The summed E-state index contributed by atoms with van der Waals surface area (Å²) in [6.45, 7) is 1.97. The average molecular weight is 232 g/mol. The van der Waals surface area contributed by atoms with Crippen LogP contribution in [0.1, 0.15) is 24.8 Å². The van der Waals surface area contributed by atoms with Gasteiger partial charge in [-0.1, -0.05) is 36.8 Å². The first kappa shape index (κ1) is 12.6. The molecule has 17 heavy (non-hydrogen) atoms. The molecule has 1 saturated carbocycles. The third kappa shape index (κ3) is 3.55. The van der Waals surface area contributed by atoms with E-state index in [0.29, 0.717) is 6.04 Å². The smallest absolute Gasteiger partial charge is 0.0255 e. The van der Waals surface area contributed by atoms with Crippen molar-refractivity contribution >= 4 is 0 Å². The summed E-state index contributed by atoms with van der Waals surface area (Å²) in [6, 6.07) is 11.2. The van der Waals surface area contributed by atoms with Gasteiger partial charge < -0.3 is 10.6 Å². The summed E-state index contributed by atoms with van der Waals surface area (Å²) in [6.07, 6.45) is 5.31. The van der Waals surface area contributed by atoms with Gasteiger partial charge in [0.2, 0.25) is 0 Å². The summed E-state index contributed by atoms with van der Waals surface area (Å²) < 4.78 is 0. The average Bonchev–Trinajstić information content (AvgIpc) is 2.32. The van der Waals surface area contributed by atoms with E-state index < -0.39 is 0 Å². The molecule has 1 fully saturated rings. The van der Waals surface area contributed by atoms with Crippen LogP contribution in [0.4, 0.5) is 0 Å². The second-order valence-corrected chi connectivity index (χ2v) is 5.32. The largest absolute Gasteiger partial charge is 0.329 e. The van der Waals surface area contributed by atoms with Crippen molar-refractivity contribution in [2.75, 3.05) is 20.1 Å². The van der Waals surface area contributed by atoms with Crippen LogP contribution in [-0.2, 0) is 6.42 Å². The van der Waals surface area contributed by atoms with E-state index in [2.05, 4.69) is 42.3 Å². The van der Waals surface area contributed by atoms with Gasteiger partial charge in [-0.15, -0.1) is 0 Å². The molecule has 1 aromatic rings. The maximum absolute atomic E-state index is 5.92. The second-order valence-electron chi connectivity index (χ2n) is 5.32. The molecule has 0 radical (unpaired) electrons. The zero-order chi connectivity index (χ0) is 12.1. The molecule has 1 aromatic carbocycles. The predicted octanol–water partition coefficient (Wildman–Crippen LogP) is 2.29. The van der Waals surface area contributed by atoms with Gasteiger partial charge in [-0.05, 0) is 37.8 Å². The van der Waals surface area contributed by atoms with E-state index in [0.717, 1.165) is 18.9 Å². The van der Waals surface area contributed by atoms with E-state index in [1.165, 1.54) is 31.4 Å². The Morgan fingerprint density at radius 1 is 1.29 bits per heavy atom. The quantitative estimate of drug-likeness (QED) is 0.815. The Labute approximate surface area is 105 Å². The molecule has 0 amide bonds. The maximum atomic E-state index is 5.92. The van der Waals surface area contributed by atoms with Crippen LogP contribution >= 0.6 is 0 Å². The molecule has 1 aliphatic carbocycles. The molecule has 0 aromatic heterocycles. The van der Waals surface area contributed by atoms with Gasteiger partial charge in [-0.25, -0.2) is 0 Å². The highest BCUT2D eigenvalue weighted by molar-refractivity contribution is 5.16. The third-order valence-electron chi connectivity index (χ3n) is 3.98. The molecule has 0 aliphatic heterocycles. The Morgan fingerprint density at radius 2 is 2.00 bits per heavy atom. The number of hydrogen-bond acceptors (Lipinski definition) is 2. The molecule has 0 spiro atoms. The number of hydrogen-bond donors (Lipinski definition) is 1. The fourth-order valence-electron chi connectivity index (χ4n) is 2.54. The highest BCUT2D eigenvalue weighted by Crippen LogP contribution is 2.27. The Morgan fingerprint density at radius 3 is 2.53 bits per heavy atom. The van der Waals surface area contributed by atoms with Gasteiger partial charge in [0.15, 0.2) is 0 Å². The van der Waals surface area contributed by atoms with E-state index in [-0.39, 0.29) is 0 Å². The van der Waals surface area contributed by atoms with Crippen LogP contribution in [0.2, 0.25) is 0 Å². The summed E-state index contributed by atoms with van der Waals surface area (Å²) in [4.78, 5) is 2.46. The van der Waals surface area contributed by atoms with Crippen molar-refractivity contribution in [1.82, 2.24) is 4.90 Å². The first-order valence-electron chi connectivity index (χ1n) is 6.74. The van der Waals surface area contributed by atoms with Crippen LogP contribution in [0.15, 0.2) is 30.3 Å². The molecule has 2 rings (SSSR count). The predicted molar refractivity (Wildman–Crippen MR) is 73.0 cm³/mol. The lowest BCUT2D eigenvalue weighted by Crippen LogP contribution is -2.43. The number of rotatable bonds is 6. The summed E-state index contributed by atoms with van der Waals surface area (Å²) >= 11 is 0. The summed E-state index contributed by atoms with van der Waals surface area (Å²) in [5, 5.41) is 0. The number of nitrogens with zero attached hydrogens (tertiary/aromatic N) is 1. The molecule has 2 heteroatoms. The normalized spacial score (nSPS) is 18.1.